The normalized spacial score (nSPS) is 15.4. The molecule has 3 heterocycles. The van der Waals surface area contributed by atoms with Crippen LogP contribution in [0.2, 0.25) is 0 Å². The zero-order valence-corrected chi connectivity index (χ0v) is 13.9. The lowest BCUT2D eigenvalue weighted by molar-refractivity contribution is 0.0691. The first-order valence-electron chi connectivity index (χ1n) is 8.44. The van der Waals surface area contributed by atoms with Gasteiger partial charge in [-0.3, -0.25) is 4.79 Å². The second kappa shape index (κ2) is 6.47. The molecule has 0 unspecified atom stereocenters. The van der Waals surface area contributed by atoms with Gasteiger partial charge in [-0.25, -0.2) is 9.67 Å². The van der Waals surface area contributed by atoms with E-state index in [2.05, 4.69) is 21.9 Å². The van der Waals surface area contributed by atoms with Gasteiger partial charge in [-0.1, -0.05) is 30.0 Å². The standard InChI is InChI=1S/C19H19N5O/c1-2-14-5-7-15(8-6-14)19(25)23-12-9-16(10-13-23)24-17-4-3-11-20-18(17)21-22-24/h2-8,11,16H,1,9-10,12-13H2. The predicted octanol–water partition coefficient (Wildman–Crippen LogP) is 2.95. The van der Waals surface area contributed by atoms with Crippen molar-refractivity contribution in [3.8, 4) is 0 Å². The van der Waals surface area contributed by atoms with Gasteiger partial charge in [0.05, 0.1) is 6.04 Å². The molecule has 25 heavy (non-hydrogen) atoms. The number of carbonyl (C=O) groups is 1. The van der Waals surface area contributed by atoms with Crippen molar-refractivity contribution in [3.63, 3.8) is 0 Å². The van der Waals surface area contributed by atoms with Crippen LogP contribution in [0.15, 0.2) is 49.2 Å². The second-order valence-corrected chi connectivity index (χ2v) is 6.23. The summed E-state index contributed by atoms with van der Waals surface area (Å²) >= 11 is 0. The van der Waals surface area contributed by atoms with Crippen LogP contribution in [0.4, 0.5) is 0 Å². The lowest BCUT2D eigenvalue weighted by Gasteiger charge is -2.32. The molecule has 0 aliphatic carbocycles. The molecule has 1 saturated heterocycles. The van der Waals surface area contributed by atoms with Gasteiger partial charge in [0.2, 0.25) is 5.65 Å². The van der Waals surface area contributed by atoms with E-state index in [0.29, 0.717) is 18.7 Å². The van der Waals surface area contributed by atoms with Crippen LogP contribution in [0, 0.1) is 0 Å². The molecule has 0 spiro atoms. The summed E-state index contributed by atoms with van der Waals surface area (Å²) < 4.78 is 1.95. The number of hydrogen-bond donors (Lipinski definition) is 0. The lowest BCUT2D eigenvalue weighted by atomic mass is 10.0. The Kier molecular flexibility index (Phi) is 4.01. The number of fused-ring (bicyclic) bond motifs is 1. The summed E-state index contributed by atoms with van der Waals surface area (Å²) in [6.45, 7) is 5.17. The van der Waals surface area contributed by atoms with Gasteiger partial charge in [-0.2, -0.15) is 0 Å². The molecule has 1 aliphatic rings. The van der Waals surface area contributed by atoms with Crippen LogP contribution in [0.25, 0.3) is 17.2 Å². The summed E-state index contributed by atoms with van der Waals surface area (Å²) in [6.07, 6.45) is 5.23. The number of likely N-dealkylation sites (tertiary alicyclic amines) is 1. The third kappa shape index (κ3) is 2.91. The predicted molar refractivity (Wildman–Crippen MR) is 96.0 cm³/mol. The number of aromatic nitrogens is 4. The number of hydrogen-bond acceptors (Lipinski definition) is 4. The molecule has 0 atom stereocenters. The van der Waals surface area contributed by atoms with E-state index in [-0.39, 0.29) is 11.9 Å². The van der Waals surface area contributed by atoms with Crippen molar-refractivity contribution in [1.29, 1.82) is 0 Å². The molecule has 1 amide bonds. The summed E-state index contributed by atoms with van der Waals surface area (Å²) in [5.41, 5.74) is 3.36. The maximum atomic E-state index is 12.7. The molecule has 1 fully saturated rings. The summed E-state index contributed by atoms with van der Waals surface area (Å²) in [6, 6.07) is 11.7. The summed E-state index contributed by atoms with van der Waals surface area (Å²) in [5.74, 6) is 0.0826. The highest BCUT2D eigenvalue weighted by atomic mass is 16.2. The zero-order chi connectivity index (χ0) is 17.2. The van der Waals surface area contributed by atoms with Gasteiger partial charge < -0.3 is 4.90 Å². The van der Waals surface area contributed by atoms with E-state index in [4.69, 9.17) is 0 Å². The van der Waals surface area contributed by atoms with Crippen molar-refractivity contribution in [2.45, 2.75) is 18.9 Å². The van der Waals surface area contributed by atoms with Crippen molar-refractivity contribution < 1.29 is 4.79 Å². The van der Waals surface area contributed by atoms with Gasteiger partial charge in [0.15, 0.2) is 0 Å². The molecule has 6 nitrogen and oxygen atoms in total. The van der Waals surface area contributed by atoms with E-state index >= 15 is 0 Å². The third-order valence-electron chi connectivity index (χ3n) is 4.74. The van der Waals surface area contributed by atoms with Crippen LogP contribution < -0.4 is 0 Å². The topological polar surface area (TPSA) is 63.9 Å². The molecule has 3 aromatic rings. The second-order valence-electron chi connectivity index (χ2n) is 6.23. The minimum atomic E-state index is 0.0826. The maximum absolute atomic E-state index is 12.7. The summed E-state index contributed by atoms with van der Waals surface area (Å²) in [4.78, 5) is 18.8. The van der Waals surface area contributed by atoms with E-state index in [1.165, 1.54) is 0 Å². The number of piperidine rings is 1. The first-order valence-corrected chi connectivity index (χ1v) is 8.44. The monoisotopic (exact) mass is 333 g/mol. The number of pyridine rings is 1. The van der Waals surface area contributed by atoms with Crippen molar-refractivity contribution in [2.75, 3.05) is 13.1 Å². The molecule has 0 radical (unpaired) electrons. The van der Waals surface area contributed by atoms with Crippen LogP contribution >= 0.6 is 0 Å². The molecule has 1 aromatic carbocycles. The van der Waals surface area contributed by atoms with Gasteiger partial charge in [0.25, 0.3) is 5.91 Å². The smallest absolute Gasteiger partial charge is 0.253 e. The molecule has 6 heteroatoms. The highest BCUT2D eigenvalue weighted by Gasteiger charge is 2.26. The fourth-order valence-electron chi connectivity index (χ4n) is 3.31. The van der Waals surface area contributed by atoms with Gasteiger partial charge in [-0.05, 0) is 42.7 Å². The molecule has 4 rings (SSSR count). The number of nitrogens with zero attached hydrogens (tertiary/aromatic N) is 5. The molecule has 0 saturated carbocycles. The minimum Gasteiger partial charge on any atom is -0.338 e. The first-order chi connectivity index (χ1) is 12.3. The Morgan fingerprint density at radius 1 is 1.16 bits per heavy atom. The lowest BCUT2D eigenvalue weighted by Crippen LogP contribution is -2.39. The third-order valence-corrected chi connectivity index (χ3v) is 4.74. The van der Waals surface area contributed by atoms with Crippen molar-refractivity contribution in [3.05, 3.63) is 60.3 Å². The number of rotatable bonds is 3. The Morgan fingerprint density at radius 2 is 1.92 bits per heavy atom. The maximum Gasteiger partial charge on any atom is 0.253 e. The van der Waals surface area contributed by atoms with Crippen LogP contribution in [0.5, 0.6) is 0 Å². The van der Waals surface area contributed by atoms with Crippen molar-refractivity contribution in [1.82, 2.24) is 24.9 Å². The Labute approximate surface area is 145 Å². The molecular weight excluding hydrogens is 314 g/mol. The number of carbonyl (C=O) groups excluding carboxylic acids is 1. The average molecular weight is 333 g/mol. The Morgan fingerprint density at radius 3 is 2.64 bits per heavy atom. The highest BCUT2D eigenvalue weighted by Crippen LogP contribution is 2.25. The van der Waals surface area contributed by atoms with E-state index in [1.807, 2.05) is 46.0 Å². The molecular formula is C19H19N5O. The van der Waals surface area contributed by atoms with Gasteiger partial charge in [-0.15, -0.1) is 5.10 Å². The van der Waals surface area contributed by atoms with Crippen LogP contribution in [0.1, 0.15) is 34.8 Å². The van der Waals surface area contributed by atoms with Crippen LogP contribution in [0.3, 0.4) is 0 Å². The van der Waals surface area contributed by atoms with E-state index in [0.717, 1.165) is 29.5 Å². The Bertz CT molecular complexity index is 907. The minimum absolute atomic E-state index is 0.0826. The molecule has 1 aliphatic heterocycles. The first kappa shape index (κ1) is 15.5. The van der Waals surface area contributed by atoms with E-state index in [1.54, 1.807) is 12.3 Å². The van der Waals surface area contributed by atoms with Crippen molar-refractivity contribution >= 4 is 23.1 Å². The van der Waals surface area contributed by atoms with Gasteiger partial charge in [0, 0.05) is 24.8 Å². The largest absolute Gasteiger partial charge is 0.338 e. The van der Waals surface area contributed by atoms with Crippen LogP contribution in [-0.2, 0) is 0 Å². The Hall–Kier alpha value is -3.02. The van der Waals surface area contributed by atoms with E-state index < -0.39 is 0 Å². The number of benzene rings is 1. The SMILES string of the molecule is C=Cc1ccc(C(=O)N2CCC(n3nnc4ncccc43)CC2)cc1. The quantitative estimate of drug-likeness (QED) is 0.739. The molecule has 0 bridgehead atoms. The molecule has 126 valence electrons. The van der Waals surface area contributed by atoms with Gasteiger partial charge >= 0.3 is 0 Å². The fourth-order valence-corrected chi connectivity index (χ4v) is 3.31. The highest BCUT2D eigenvalue weighted by molar-refractivity contribution is 5.94. The summed E-state index contributed by atoms with van der Waals surface area (Å²) in [5, 5.41) is 8.38. The summed E-state index contributed by atoms with van der Waals surface area (Å²) in [7, 11) is 0. The van der Waals surface area contributed by atoms with E-state index in [9.17, 15) is 4.79 Å². The fraction of sp³-hybridized carbons (Fsp3) is 0.263. The van der Waals surface area contributed by atoms with Crippen LogP contribution in [-0.4, -0.2) is 43.9 Å². The molecule has 0 N–H and O–H groups in total. The average Bonchev–Trinajstić information content (AvgIpc) is 3.12. The zero-order valence-electron chi connectivity index (χ0n) is 13.9. The van der Waals surface area contributed by atoms with Gasteiger partial charge in [0.1, 0.15) is 5.52 Å². The Balaban J connectivity index is 1.45. The molecule has 2 aromatic heterocycles. The van der Waals surface area contributed by atoms with Crippen molar-refractivity contribution in [2.24, 2.45) is 0 Å². The number of amides is 1.